The maximum absolute atomic E-state index is 11.6. The molecule has 0 aromatic heterocycles. The predicted octanol–water partition coefficient (Wildman–Crippen LogP) is 0.868. The largest absolute Gasteiger partial charge is 0.463 e. The van der Waals surface area contributed by atoms with Crippen LogP contribution in [0, 0.1) is 0 Å². The number of hydrogen-bond donors (Lipinski definition) is 0. The van der Waals surface area contributed by atoms with E-state index < -0.39 is 29.3 Å². The Bertz CT molecular complexity index is 436. The number of esters is 3. The molecule has 0 bridgehead atoms. The second kappa shape index (κ2) is 5.03. The van der Waals surface area contributed by atoms with Gasteiger partial charge in [0.05, 0.1) is 6.61 Å². The third-order valence-electron chi connectivity index (χ3n) is 2.35. The van der Waals surface area contributed by atoms with E-state index in [4.69, 9.17) is 9.47 Å². The third-order valence-corrected chi connectivity index (χ3v) is 2.35. The lowest BCUT2D eigenvalue weighted by molar-refractivity contribution is -0.171. The van der Waals surface area contributed by atoms with Gasteiger partial charge in [0.15, 0.2) is 0 Å². The fourth-order valence-electron chi connectivity index (χ4n) is 1.19. The molecule has 1 fully saturated rings. The van der Waals surface area contributed by atoms with Crippen LogP contribution in [0.2, 0.25) is 0 Å². The molecule has 6 nitrogen and oxygen atoms in total. The minimum atomic E-state index is -1.35. The van der Waals surface area contributed by atoms with Gasteiger partial charge in [-0.25, -0.2) is 14.4 Å². The topological polar surface area (TPSA) is 78.9 Å². The van der Waals surface area contributed by atoms with Gasteiger partial charge in [-0.2, -0.15) is 0 Å². The number of carbonyl (C=O) groups excluding carboxylic acids is 3. The molecule has 0 saturated carbocycles. The quantitative estimate of drug-likeness (QED) is 0.320. The molecule has 6 heteroatoms. The molecule has 0 radical (unpaired) electrons. The molecular formula is C12H14O6. The minimum Gasteiger partial charge on any atom is -0.463 e. The van der Waals surface area contributed by atoms with Crippen LogP contribution in [-0.2, 0) is 28.6 Å². The first-order valence-corrected chi connectivity index (χ1v) is 5.23. The molecule has 18 heavy (non-hydrogen) atoms. The van der Waals surface area contributed by atoms with Crippen LogP contribution in [0.1, 0.15) is 20.3 Å². The van der Waals surface area contributed by atoms with Gasteiger partial charge in [-0.15, -0.1) is 0 Å². The zero-order chi connectivity index (χ0) is 13.9. The number of cyclic esters (lactones) is 1. The Morgan fingerprint density at radius 3 is 2.39 bits per heavy atom. The van der Waals surface area contributed by atoms with E-state index in [2.05, 4.69) is 17.9 Å². The molecule has 98 valence electrons. The van der Waals surface area contributed by atoms with Crippen molar-refractivity contribution in [3.8, 4) is 0 Å². The standard InChI is InChI=1S/C12H14O6/c1-7(2)9(13)17-8(3)10(14)18-12(4)5-6-16-11(12)15/h1,3,5-6H2,2,4H3. The fraction of sp³-hybridized carbons (Fsp3) is 0.417. The van der Waals surface area contributed by atoms with Gasteiger partial charge in [-0.3, -0.25) is 0 Å². The van der Waals surface area contributed by atoms with Crippen molar-refractivity contribution in [2.45, 2.75) is 25.9 Å². The highest BCUT2D eigenvalue weighted by Gasteiger charge is 2.44. The number of hydrogen-bond acceptors (Lipinski definition) is 6. The summed E-state index contributed by atoms with van der Waals surface area (Å²) in [6, 6.07) is 0. The Balaban J connectivity index is 2.61. The molecule has 0 aliphatic carbocycles. The predicted molar refractivity (Wildman–Crippen MR) is 60.1 cm³/mol. The molecule has 0 aromatic rings. The molecule has 1 atom stereocenters. The summed E-state index contributed by atoms with van der Waals surface area (Å²) in [4.78, 5) is 34.1. The van der Waals surface area contributed by atoms with Crippen LogP contribution in [0.3, 0.4) is 0 Å². The maximum atomic E-state index is 11.6. The van der Waals surface area contributed by atoms with Crippen molar-refractivity contribution in [3.05, 3.63) is 24.5 Å². The summed E-state index contributed by atoms with van der Waals surface area (Å²) in [6.45, 7) is 9.65. The number of carbonyl (C=O) groups is 3. The summed E-state index contributed by atoms with van der Waals surface area (Å²) >= 11 is 0. The number of rotatable bonds is 4. The van der Waals surface area contributed by atoms with E-state index in [1.165, 1.54) is 13.8 Å². The van der Waals surface area contributed by atoms with Crippen LogP contribution >= 0.6 is 0 Å². The van der Waals surface area contributed by atoms with Crippen LogP contribution in [0.5, 0.6) is 0 Å². The van der Waals surface area contributed by atoms with Crippen LogP contribution in [0.4, 0.5) is 0 Å². The second-order valence-electron chi connectivity index (χ2n) is 4.10. The van der Waals surface area contributed by atoms with E-state index in [0.29, 0.717) is 0 Å². The summed E-state index contributed by atoms with van der Waals surface area (Å²) in [5.74, 6) is -2.89. The van der Waals surface area contributed by atoms with Crippen molar-refractivity contribution < 1.29 is 28.6 Å². The van der Waals surface area contributed by atoms with Crippen LogP contribution in [-0.4, -0.2) is 30.1 Å². The Morgan fingerprint density at radius 2 is 1.94 bits per heavy atom. The van der Waals surface area contributed by atoms with Crippen LogP contribution in [0.25, 0.3) is 0 Å². The van der Waals surface area contributed by atoms with E-state index in [0.717, 1.165) is 0 Å². The summed E-state index contributed by atoms with van der Waals surface area (Å²) in [5, 5.41) is 0. The molecule has 1 saturated heterocycles. The van der Waals surface area contributed by atoms with E-state index in [9.17, 15) is 14.4 Å². The van der Waals surface area contributed by atoms with Gasteiger partial charge < -0.3 is 14.2 Å². The highest BCUT2D eigenvalue weighted by atomic mass is 16.6. The molecule has 0 N–H and O–H groups in total. The third kappa shape index (κ3) is 2.97. The molecule has 1 aliphatic rings. The van der Waals surface area contributed by atoms with Gasteiger partial charge in [0.2, 0.25) is 11.4 Å². The van der Waals surface area contributed by atoms with Crippen molar-refractivity contribution in [2.75, 3.05) is 6.61 Å². The van der Waals surface area contributed by atoms with E-state index >= 15 is 0 Å². The Hall–Kier alpha value is -2.11. The van der Waals surface area contributed by atoms with E-state index in [-0.39, 0.29) is 18.6 Å². The van der Waals surface area contributed by atoms with Gasteiger partial charge in [0, 0.05) is 12.0 Å². The molecule has 1 heterocycles. The zero-order valence-electron chi connectivity index (χ0n) is 10.3. The van der Waals surface area contributed by atoms with Crippen LogP contribution < -0.4 is 0 Å². The summed E-state index contributed by atoms with van der Waals surface area (Å²) in [5.41, 5.74) is -1.23. The first kappa shape index (κ1) is 14.0. The Kier molecular flexibility index (Phi) is 3.90. The second-order valence-corrected chi connectivity index (χ2v) is 4.10. The monoisotopic (exact) mass is 254 g/mol. The van der Waals surface area contributed by atoms with Gasteiger partial charge >= 0.3 is 17.9 Å². The minimum absolute atomic E-state index is 0.121. The van der Waals surface area contributed by atoms with Crippen molar-refractivity contribution in [2.24, 2.45) is 0 Å². The highest BCUT2D eigenvalue weighted by molar-refractivity contribution is 5.95. The average Bonchev–Trinajstić information content (AvgIpc) is 2.58. The first-order chi connectivity index (χ1) is 8.26. The molecule has 1 unspecified atom stereocenters. The summed E-state index contributed by atoms with van der Waals surface area (Å²) in [6.07, 6.45) is 0.249. The van der Waals surface area contributed by atoms with Crippen LogP contribution in [0.15, 0.2) is 24.5 Å². The molecule has 1 aliphatic heterocycles. The van der Waals surface area contributed by atoms with Crippen molar-refractivity contribution in [1.29, 1.82) is 0 Å². The average molecular weight is 254 g/mol. The normalized spacial score (nSPS) is 22.0. The Morgan fingerprint density at radius 1 is 1.33 bits per heavy atom. The van der Waals surface area contributed by atoms with E-state index in [1.807, 2.05) is 0 Å². The summed E-state index contributed by atoms with van der Waals surface area (Å²) < 4.78 is 14.2. The van der Waals surface area contributed by atoms with E-state index in [1.54, 1.807) is 0 Å². The fourth-order valence-corrected chi connectivity index (χ4v) is 1.19. The zero-order valence-corrected chi connectivity index (χ0v) is 10.3. The van der Waals surface area contributed by atoms with Crippen molar-refractivity contribution in [1.82, 2.24) is 0 Å². The smallest absolute Gasteiger partial charge is 0.374 e. The molecular weight excluding hydrogens is 240 g/mol. The highest BCUT2D eigenvalue weighted by Crippen LogP contribution is 2.25. The molecule has 0 aromatic carbocycles. The Labute approximate surface area is 104 Å². The van der Waals surface area contributed by atoms with Gasteiger partial charge in [0.1, 0.15) is 0 Å². The van der Waals surface area contributed by atoms with Crippen molar-refractivity contribution in [3.63, 3.8) is 0 Å². The lowest BCUT2D eigenvalue weighted by Gasteiger charge is -2.19. The SMILES string of the molecule is C=C(C)C(=O)OC(=C)C(=O)OC1(C)CCOC1=O. The molecule has 1 rings (SSSR count). The van der Waals surface area contributed by atoms with Crippen molar-refractivity contribution >= 4 is 17.9 Å². The van der Waals surface area contributed by atoms with Gasteiger partial charge in [-0.1, -0.05) is 6.58 Å². The molecule has 0 spiro atoms. The van der Waals surface area contributed by atoms with Gasteiger partial charge in [0.25, 0.3) is 0 Å². The lowest BCUT2D eigenvalue weighted by Crippen LogP contribution is -2.37. The first-order valence-electron chi connectivity index (χ1n) is 5.23. The molecule has 0 amide bonds. The number of ether oxygens (including phenoxy) is 3. The van der Waals surface area contributed by atoms with Gasteiger partial charge in [-0.05, 0) is 20.4 Å². The lowest BCUT2D eigenvalue weighted by atomic mass is 10.1. The maximum Gasteiger partial charge on any atom is 0.374 e. The summed E-state index contributed by atoms with van der Waals surface area (Å²) in [7, 11) is 0.